The summed E-state index contributed by atoms with van der Waals surface area (Å²) in [4.78, 5) is 29.2. The van der Waals surface area contributed by atoms with Crippen LogP contribution < -0.4 is 5.32 Å². The van der Waals surface area contributed by atoms with Crippen LogP contribution in [0.2, 0.25) is 0 Å². The number of ether oxygens (including phenoxy) is 2. The third-order valence-corrected chi connectivity index (χ3v) is 7.80. The molecule has 0 bridgehead atoms. The smallest absolute Gasteiger partial charge is 0.241 e. The quantitative estimate of drug-likeness (QED) is 0.477. The summed E-state index contributed by atoms with van der Waals surface area (Å²) in [6.45, 7) is 1.09. The fraction of sp³-hybridized carbons (Fsp3) is 0.640. The molecule has 2 heterocycles. The summed E-state index contributed by atoms with van der Waals surface area (Å²) >= 11 is 5.53. The Morgan fingerprint density at radius 1 is 1.19 bits per heavy atom. The van der Waals surface area contributed by atoms with Crippen LogP contribution in [0.15, 0.2) is 24.3 Å². The van der Waals surface area contributed by atoms with Crippen LogP contribution in [0.1, 0.15) is 43.2 Å². The van der Waals surface area contributed by atoms with E-state index in [1.807, 2.05) is 4.90 Å². The second kappa shape index (κ2) is 10.5. The van der Waals surface area contributed by atoms with E-state index in [2.05, 4.69) is 29.6 Å². The number of thiocarbonyl (C=S) groups is 1. The molecule has 0 radical (unpaired) electrons. The molecule has 1 aromatic carbocycles. The molecule has 7 heteroatoms. The topological polar surface area (TPSA) is 67.9 Å². The zero-order chi connectivity index (χ0) is 22.7. The predicted molar refractivity (Wildman–Crippen MR) is 127 cm³/mol. The number of carbonyl (C=O) groups excluding carboxylic acids is 2. The molecule has 1 aromatic rings. The van der Waals surface area contributed by atoms with E-state index in [1.54, 1.807) is 14.2 Å². The van der Waals surface area contributed by atoms with E-state index < -0.39 is 18.2 Å². The Hall–Kier alpha value is -1.67. The van der Waals surface area contributed by atoms with Crippen LogP contribution in [0.4, 0.5) is 0 Å². The van der Waals surface area contributed by atoms with Gasteiger partial charge in [-0.15, -0.1) is 0 Å². The van der Waals surface area contributed by atoms with Crippen LogP contribution in [0.5, 0.6) is 0 Å². The zero-order valence-corrected chi connectivity index (χ0v) is 19.9. The van der Waals surface area contributed by atoms with E-state index in [0.717, 1.165) is 38.5 Å². The van der Waals surface area contributed by atoms with Crippen molar-refractivity contribution in [3.05, 3.63) is 35.4 Å². The second-order valence-electron chi connectivity index (χ2n) is 9.27. The SMILES string of the molecule is COC(OC)[C@@H]1CCCN1C(=O)[C@H]1NCC(=S)C1C(=O)CC[C@H]1CCc2ccccc2C1. The maximum Gasteiger partial charge on any atom is 0.241 e. The molecule has 1 unspecified atom stereocenters. The number of nitrogens with one attached hydrogen (secondary N) is 1. The number of likely N-dealkylation sites (tertiary alicyclic amines) is 1. The molecule has 2 fully saturated rings. The van der Waals surface area contributed by atoms with Crippen LogP contribution in [-0.2, 0) is 31.9 Å². The van der Waals surface area contributed by atoms with Gasteiger partial charge in [-0.1, -0.05) is 36.5 Å². The number of carbonyl (C=O) groups is 2. The van der Waals surface area contributed by atoms with Gasteiger partial charge in [0.15, 0.2) is 6.29 Å². The first-order chi connectivity index (χ1) is 15.5. The first kappa shape index (κ1) is 23.5. The van der Waals surface area contributed by atoms with Gasteiger partial charge in [0.25, 0.3) is 0 Å². The van der Waals surface area contributed by atoms with Gasteiger partial charge in [-0.05, 0) is 55.6 Å². The second-order valence-corrected chi connectivity index (χ2v) is 9.79. The van der Waals surface area contributed by atoms with Crippen molar-refractivity contribution in [1.29, 1.82) is 0 Å². The standard InChI is InChI=1S/C25H34N2O4S/c1-30-25(31-2)19-8-5-13-27(19)24(29)23-22(21(32)15-26-23)20(28)12-10-16-9-11-17-6-3-4-7-18(17)14-16/h3-4,6-7,16,19,22-23,25-26H,5,8-15H2,1-2H3/t16-,19+,22?,23+/m1/s1. The van der Waals surface area contributed by atoms with E-state index in [4.69, 9.17) is 21.7 Å². The van der Waals surface area contributed by atoms with E-state index in [0.29, 0.717) is 30.3 Å². The Kier molecular flexibility index (Phi) is 7.71. The highest BCUT2D eigenvalue weighted by molar-refractivity contribution is 7.80. The van der Waals surface area contributed by atoms with Gasteiger partial charge in [0, 0.05) is 38.6 Å². The summed E-state index contributed by atoms with van der Waals surface area (Å²) < 4.78 is 10.8. The molecule has 0 aromatic heterocycles. The number of benzene rings is 1. The fourth-order valence-corrected chi connectivity index (χ4v) is 6.03. The van der Waals surface area contributed by atoms with Crippen LogP contribution in [0, 0.1) is 11.8 Å². The van der Waals surface area contributed by atoms with Crippen molar-refractivity contribution in [2.75, 3.05) is 27.3 Å². The van der Waals surface area contributed by atoms with Gasteiger partial charge in [-0.2, -0.15) is 0 Å². The van der Waals surface area contributed by atoms with E-state index in [-0.39, 0.29) is 17.7 Å². The Morgan fingerprint density at radius 3 is 2.69 bits per heavy atom. The molecule has 6 nitrogen and oxygen atoms in total. The lowest BCUT2D eigenvalue weighted by atomic mass is 9.80. The minimum absolute atomic E-state index is 0.0589. The number of Topliss-reactive ketones (excluding diaryl/α,β-unsaturated/α-hetero) is 1. The maximum atomic E-state index is 13.4. The highest BCUT2D eigenvalue weighted by Gasteiger charge is 2.46. The van der Waals surface area contributed by atoms with Crippen molar-refractivity contribution >= 4 is 28.8 Å². The monoisotopic (exact) mass is 458 g/mol. The van der Waals surface area contributed by atoms with Crippen LogP contribution in [0.3, 0.4) is 0 Å². The molecule has 0 spiro atoms. The summed E-state index contributed by atoms with van der Waals surface area (Å²) in [5.74, 6) is 0.0376. The Balaban J connectivity index is 1.38. The molecule has 4 atom stereocenters. The summed E-state index contributed by atoms with van der Waals surface area (Å²) in [5.41, 5.74) is 2.85. The van der Waals surface area contributed by atoms with Crippen molar-refractivity contribution in [2.45, 2.75) is 63.3 Å². The highest BCUT2D eigenvalue weighted by atomic mass is 32.1. The maximum absolute atomic E-state index is 13.4. The number of methoxy groups -OCH3 is 2. The van der Waals surface area contributed by atoms with Gasteiger partial charge in [0.05, 0.1) is 12.0 Å². The third kappa shape index (κ3) is 4.81. The molecule has 174 valence electrons. The average Bonchev–Trinajstić information content (AvgIpc) is 3.45. The summed E-state index contributed by atoms with van der Waals surface area (Å²) in [6, 6.07) is 7.89. The lowest BCUT2D eigenvalue weighted by Gasteiger charge is -2.32. The van der Waals surface area contributed by atoms with Gasteiger partial charge in [-0.3, -0.25) is 9.59 Å². The predicted octanol–water partition coefficient (Wildman–Crippen LogP) is 2.71. The molecule has 1 amide bonds. The lowest BCUT2D eigenvalue weighted by molar-refractivity contribution is -0.159. The highest BCUT2D eigenvalue weighted by Crippen LogP contribution is 2.30. The summed E-state index contributed by atoms with van der Waals surface area (Å²) in [6.07, 6.45) is 5.83. The fourth-order valence-electron chi connectivity index (χ4n) is 5.68. The molecule has 0 saturated carbocycles. The van der Waals surface area contributed by atoms with Crippen LogP contribution >= 0.6 is 12.2 Å². The third-order valence-electron chi connectivity index (χ3n) is 7.40. The van der Waals surface area contributed by atoms with E-state index >= 15 is 0 Å². The molecular formula is C25H34N2O4S. The van der Waals surface area contributed by atoms with Crippen LogP contribution in [-0.4, -0.2) is 67.1 Å². The number of hydrogen-bond donors (Lipinski definition) is 1. The Labute approximate surface area is 196 Å². The average molecular weight is 459 g/mol. The normalized spacial score (nSPS) is 27.7. The molecule has 3 aliphatic rings. The Morgan fingerprint density at radius 2 is 1.94 bits per heavy atom. The Bertz CT molecular complexity index is 856. The van der Waals surface area contributed by atoms with E-state index in [9.17, 15) is 9.59 Å². The number of hydrogen-bond acceptors (Lipinski definition) is 6. The minimum atomic E-state index is -0.572. The lowest BCUT2D eigenvalue weighted by Crippen LogP contribution is -2.53. The van der Waals surface area contributed by atoms with Crippen molar-refractivity contribution in [3.63, 3.8) is 0 Å². The molecule has 2 saturated heterocycles. The largest absolute Gasteiger partial charge is 0.354 e. The number of aryl methyl sites for hydroxylation is 1. The number of rotatable bonds is 8. The number of fused-ring (bicyclic) bond motifs is 1. The molecular weight excluding hydrogens is 424 g/mol. The van der Waals surface area contributed by atoms with Crippen LogP contribution in [0.25, 0.3) is 0 Å². The number of nitrogens with zero attached hydrogens (tertiary/aromatic N) is 1. The first-order valence-electron chi connectivity index (χ1n) is 11.7. The number of ketones is 1. The van der Waals surface area contributed by atoms with Crippen molar-refractivity contribution in [3.8, 4) is 0 Å². The number of amides is 1. The van der Waals surface area contributed by atoms with Gasteiger partial charge >= 0.3 is 0 Å². The van der Waals surface area contributed by atoms with Gasteiger partial charge in [-0.25, -0.2) is 0 Å². The van der Waals surface area contributed by atoms with Crippen molar-refractivity contribution in [1.82, 2.24) is 10.2 Å². The molecule has 1 aliphatic carbocycles. The molecule has 32 heavy (non-hydrogen) atoms. The summed E-state index contributed by atoms with van der Waals surface area (Å²) in [7, 11) is 3.18. The zero-order valence-electron chi connectivity index (χ0n) is 19.0. The van der Waals surface area contributed by atoms with Gasteiger partial charge in [0.2, 0.25) is 5.91 Å². The minimum Gasteiger partial charge on any atom is -0.354 e. The van der Waals surface area contributed by atoms with Gasteiger partial charge in [0.1, 0.15) is 11.8 Å². The molecule has 1 N–H and O–H groups in total. The van der Waals surface area contributed by atoms with Crippen molar-refractivity contribution in [2.24, 2.45) is 11.8 Å². The van der Waals surface area contributed by atoms with Crippen molar-refractivity contribution < 1.29 is 19.1 Å². The first-order valence-corrected chi connectivity index (χ1v) is 12.2. The molecule has 2 aliphatic heterocycles. The molecule has 4 rings (SSSR count). The van der Waals surface area contributed by atoms with E-state index in [1.165, 1.54) is 11.1 Å². The summed E-state index contributed by atoms with van der Waals surface area (Å²) in [5, 5.41) is 3.23. The van der Waals surface area contributed by atoms with Gasteiger partial charge < -0.3 is 19.7 Å².